The molecule has 15 heavy (non-hydrogen) atoms. The number of aliphatic hydroxyl groups excluding tert-OH is 1. The van der Waals surface area contributed by atoms with E-state index in [9.17, 15) is 18.0 Å². The summed E-state index contributed by atoms with van der Waals surface area (Å²) in [5.74, 6) is 0. The van der Waals surface area contributed by atoms with E-state index >= 15 is 0 Å². The molecule has 1 aromatic heterocycles. The second-order valence-corrected chi connectivity index (χ2v) is 3.26. The lowest BCUT2D eigenvalue weighted by Gasteiger charge is -2.11. The van der Waals surface area contributed by atoms with E-state index in [0.29, 0.717) is 6.20 Å². The number of aromatic nitrogens is 1. The van der Waals surface area contributed by atoms with E-state index in [1.165, 1.54) is 6.92 Å². The van der Waals surface area contributed by atoms with Gasteiger partial charge in [-0.3, -0.25) is 4.79 Å². The van der Waals surface area contributed by atoms with E-state index in [2.05, 4.69) is 0 Å². The molecule has 0 saturated carbocycles. The van der Waals surface area contributed by atoms with Gasteiger partial charge >= 0.3 is 6.18 Å². The van der Waals surface area contributed by atoms with Gasteiger partial charge in [-0.05, 0) is 13.0 Å². The molecular formula is C9H10F3NO2. The number of alkyl halides is 3. The predicted molar refractivity (Wildman–Crippen MR) is 47.4 cm³/mol. The largest absolute Gasteiger partial charge is 0.417 e. The van der Waals surface area contributed by atoms with Gasteiger partial charge in [0.05, 0.1) is 18.2 Å². The molecule has 0 aliphatic carbocycles. The molecule has 1 aromatic rings. The highest BCUT2D eigenvalue weighted by Gasteiger charge is 2.31. The SMILES string of the molecule is C[C@H](O)Cn1cc(C(F)(F)F)ccc1=O. The van der Waals surface area contributed by atoms with Gasteiger partial charge in [-0.15, -0.1) is 0 Å². The van der Waals surface area contributed by atoms with E-state index in [0.717, 1.165) is 16.7 Å². The Bertz CT molecular complexity index is 395. The van der Waals surface area contributed by atoms with Crippen LogP contribution in [0.3, 0.4) is 0 Å². The summed E-state index contributed by atoms with van der Waals surface area (Å²) in [4.78, 5) is 11.1. The fraction of sp³-hybridized carbons (Fsp3) is 0.444. The zero-order valence-electron chi connectivity index (χ0n) is 7.95. The molecule has 0 fully saturated rings. The Balaban J connectivity index is 3.11. The number of aliphatic hydroxyl groups is 1. The van der Waals surface area contributed by atoms with Crippen LogP contribution in [-0.2, 0) is 12.7 Å². The van der Waals surface area contributed by atoms with Gasteiger partial charge in [0.25, 0.3) is 5.56 Å². The number of halogens is 3. The maximum atomic E-state index is 12.3. The summed E-state index contributed by atoms with van der Waals surface area (Å²) in [6.45, 7) is 1.25. The third kappa shape index (κ3) is 3.09. The Morgan fingerprint density at radius 3 is 2.53 bits per heavy atom. The molecule has 0 aliphatic rings. The van der Waals surface area contributed by atoms with Gasteiger partial charge in [-0.25, -0.2) is 0 Å². The molecule has 1 heterocycles. The molecule has 1 atom stereocenters. The maximum absolute atomic E-state index is 12.3. The van der Waals surface area contributed by atoms with Crippen molar-refractivity contribution in [2.24, 2.45) is 0 Å². The molecule has 0 aromatic carbocycles. The van der Waals surface area contributed by atoms with Crippen LogP contribution in [-0.4, -0.2) is 15.8 Å². The molecule has 84 valence electrons. The van der Waals surface area contributed by atoms with Gasteiger partial charge in [0, 0.05) is 12.3 Å². The minimum absolute atomic E-state index is 0.150. The normalized spacial score (nSPS) is 13.9. The molecule has 0 aliphatic heterocycles. The summed E-state index contributed by atoms with van der Waals surface area (Å²) in [5.41, 5.74) is -1.47. The van der Waals surface area contributed by atoms with Gasteiger partial charge in [-0.1, -0.05) is 0 Å². The monoisotopic (exact) mass is 221 g/mol. The van der Waals surface area contributed by atoms with Crippen LogP contribution in [0.15, 0.2) is 23.1 Å². The van der Waals surface area contributed by atoms with Crippen molar-refractivity contribution in [3.63, 3.8) is 0 Å². The number of nitrogens with zero attached hydrogens (tertiary/aromatic N) is 1. The minimum atomic E-state index is -4.48. The van der Waals surface area contributed by atoms with Crippen molar-refractivity contribution in [3.05, 3.63) is 34.2 Å². The van der Waals surface area contributed by atoms with Crippen LogP contribution in [0.1, 0.15) is 12.5 Å². The zero-order chi connectivity index (χ0) is 11.6. The van der Waals surface area contributed by atoms with Crippen LogP contribution in [0.25, 0.3) is 0 Å². The molecule has 1 N–H and O–H groups in total. The number of hydrogen-bond donors (Lipinski definition) is 1. The summed E-state index contributed by atoms with van der Waals surface area (Å²) in [7, 11) is 0. The fourth-order valence-electron chi connectivity index (χ4n) is 1.13. The van der Waals surface area contributed by atoms with Gasteiger partial charge in [0.2, 0.25) is 0 Å². The quantitative estimate of drug-likeness (QED) is 0.816. The van der Waals surface area contributed by atoms with E-state index in [1.807, 2.05) is 0 Å². The summed E-state index contributed by atoms with van der Waals surface area (Å²) in [6.07, 6.45) is -4.64. The Morgan fingerprint density at radius 2 is 2.07 bits per heavy atom. The molecule has 0 radical (unpaired) electrons. The van der Waals surface area contributed by atoms with Gasteiger partial charge in [-0.2, -0.15) is 13.2 Å². The smallest absolute Gasteiger partial charge is 0.392 e. The summed E-state index contributed by atoms with van der Waals surface area (Å²) in [6, 6.07) is 1.56. The first-order chi connectivity index (χ1) is 6.80. The molecular weight excluding hydrogens is 211 g/mol. The van der Waals surface area contributed by atoms with Gasteiger partial charge < -0.3 is 9.67 Å². The number of rotatable bonds is 2. The van der Waals surface area contributed by atoms with Crippen LogP contribution in [0.5, 0.6) is 0 Å². The third-order valence-corrected chi connectivity index (χ3v) is 1.77. The lowest BCUT2D eigenvalue weighted by atomic mass is 10.2. The third-order valence-electron chi connectivity index (χ3n) is 1.77. The Labute approximate surface area is 83.8 Å². The van der Waals surface area contributed by atoms with Gasteiger partial charge in [0.1, 0.15) is 0 Å². The fourth-order valence-corrected chi connectivity index (χ4v) is 1.13. The van der Waals surface area contributed by atoms with Crippen molar-refractivity contribution in [1.82, 2.24) is 4.57 Å². The first kappa shape index (κ1) is 11.8. The Morgan fingerprint density at radius 1 is 1.47 bits per heavy atom. The van der Waals surface area contributed by atoms with Crippen LogP contribution in [0.2, 0.25) is 0 Å². The summed E-state index contributed by atoms with van der Waals surface area (Å²) in [5, 5.41) is 8.98. The second kappa shape index (κ2) is 4.06. The van der Waals surface area contributed by atoms with E-state index in [4.69, 9.17) is 5.11 Å². The van der Waals surface area contributed by atoms with Crippen LogP contribution in [0.4, 0.5) is 13.2 Å². The van der Waals surface area contributed by atoms with Crippen molar-refractivity contribution in [3.8, 4) is 0 Å². The van der Waals surface area contributed by atoms with Crippen LogP contribution in [0, 0.1) is 0 Å². The summed E-state index contributed by atoms with van der Waals surface area (Å²) >= 11 is 0. The molecule has 0 spiro atoms. The van der Waals surface area contributed by atoms with Crippen molar-refractivity contribution in [2.45, 2.75) is 25.7 Å². The predicted octanol–water partition coefficient (Wildman–Crippen LogP) is 1.25. The van der Waals surface area contributed by atoms with Crippen molar-refractivity contribution in [2.75, 3.05) is 0 Å². The van der Waals surface area contributed by atoms with E-state index < -0.39 is 23.4 Å². The highest BCUT2D eigenvalue weighted by Crippen LogP contribution is 2.27. The Kier molecular flexibility index (Phi) is 3.18. The molecule has 1 rings (SSSR count). The average molecular weight is 221 g/mol. The zero-order valence-corrected chi connectivity index (χ0v) is 7.95. The van der Waals surface area contributed by atoms with Crippen molar-refractivity contribution < 1.29 is 18.3 Å². The maximum Gasteiger partial charge on any atom is 0.417 e. The minimum Gasteiger partial charge on any atom is -0.392 e. The van der Waals surface area contributed by atoms with Gasteiger partial charge in [0.15, 0.2) is 0 Å². The highest BCUT2D eigenvalue weighted by molar-refractivity contribution is 5.13. The lowest BCUT2D eigenvalue weighted by molar-refractivity contribution is -0.138. The molecule has 0 bridgehead atoms. The Hall–Kier alpha value is -1.30. The van der Waals surface area contributed by atoms with Crippen molar-refractivity contribution in [1.29, 1.82) is 0 Å². The second-order valence-electron chi connectivity index (χ2n) is 3.26. The first-order valence-corrected chi connectivity index (χ1v) is 4.26. The van der Waals surface area contributed by atoms with Crippen molar-refractivity contribution >= 4 is 0 Å². The average Bonchev–Trinajstić information content (AvgIpc) is 2.06. The molecule has 0 amide bonds. The molecule has 3 nitrogen and oxygen atoms in total. The topological polar surface area (TPSA) is 42.2 Å². The van der Waals surface area contributed by atoms with Crippen LogP contribution < -0.4 is 5.56 Å². The highest BCUT2D eigenvalue weighted by atomic mass is 19.4. The van der Waals surface area contributed by atoms with E-state index in [1.54, 1.807) is 0 Å². The molecule has 6 heteroatoms. The summed E-state index contributed by atoms with van der Waals surface area (Å²) < 4.78 is 37.6. The molecule has 0 saturated heterocycles. The van der Waals surface area contributed by atoms with E-state index in [-0.39, 0.29) is 6.54 Å². The molecule has 0 unspecified atom stereocenters. The standard InChI is InChI=1S/C9H10F3NO2/c1-6(14)4-13-5-7(9(10,11)12)2-3-8(13)15/h2-3,5-6,14H,4H2,1H3/t6-/m0/s1. The first-order valence-electron chi connectivity index (χ1n) is 4.26. The number of pyridine rings is 1. The van der Waals surface area contributed by atoms with Crippen LogP contribution >= 0.6 is 0 Å². The number of hydrogen-bond acceptors (Lipinski definition) is 2. The lowest BCUT2D eigenvalue weighted by Crippen LogP contribution is -2.25.